The van der Waals surface area contributed by atoms with Crippen LogP contribution >= 0.6 is 11.6 Å². The summed E-state index contributed by atoms with van der Waals surface area (Å²) in [5.41, 5.74) is -0.271. The van der Waals surface area contributed by atoms with Gasteiger partial charge >= 0.3 is 7.12 Å². The molecule has 0 aromatic rings. The van der Waals surface area contributed by atoms with Crippen LogP contribution in [0.25, 0.3) is 0 Å². The van der Waals surface area contributed by atoms with Crippen molar-refractivity contribution in [3.05, 3.63) is 22.9 Å². The number of allylic oxidation sites excluding steroid dienone is 4. The molecule has 0 bridgehead atoms. The maximum atomic E-state index is 13.6. The second kappa shape index (κ2) is 4.62. The molecule has 1 unspecified atom stereocenters. The third-order valence-electron chi connectivity index (χ3n) is 3.95. The Kier molecular flexibility index (Phi) is 3.55. The summed E-state index contributed by atoms with van der Waals surface area (Å²) in [6.45, 7) is 7.76. The first kappa shape index (κ1) is 14.6. The second-order valence-electron chi connectivity index (χ2n) is 5.85. The number of hydrogen-bond acceptors (Lipinski definition) is 3. The first-order valence-electron chi connectivity index (χ1n) is 6.18. The molecule has 0 N–H and O–H groups in total. The van der Waals surface area contributed by atoms with Crippen LogP contribution in [0.1, 0.15) is 34.1 Å². The first-order chi connectivity index (χ1) is 8.68. The Morgan fingerprint density at radius 1 is 1.37 bits per heavy atom. The molecule has 0 aromatic carbocycles. The zero-order valence-electron chi connectivity index (χ0n) is 11.5. The summed E-state index contributed by atoms with van der Waals surface area (Å²) < 4.78 is 25.4. The average Bonchev–Trinajstić information content (AvgIpc) is 2.52. The molecule has 1 heterocycles. The molecular weight excluding hydrogens is 267 g/mol. The Bertz CT molecular complexity index is 491. The fourth-order valence-corrected chi connectivity index (χ4v) is 2.32. The number of nitriles is 1. The minimum Gasteiger partial charge on any atom is -0.400 e. The van der Waals surface area contributed by atoms with Gasteiger partial charge in [0.1, 0.15) is 11.9 Å². The van der Waals surface area contributed by atoms with Crippen molar-refractivity contribution in [2.75, 3.05) is 0 Å². The van der Waals surface area contributed by atoms with E-state index in [4.69, 9.17) is 26.2 Å². The van der Waals surface area contributed by atoms with E-state index in [0.717, 1.165) is 0 Å². The fourth-order valence-electron chi connectivity index (χ4n) is 2.02. The van der Waals surface area contributed by atoms with Gasteiger partial charge in [-0.2, -0.15) is 5.26 Å². The van der Waals surface area contributed by atoms with Crippen molar-refractivity contribution in [1.82, 2.24) is 0 Å². The largest absolute Gasteiger partial charge is 0.490 e. The van der Waals surface area contributed by atoms with Crippen molar-refractivity contribution >= 4 is 18.7 Å². The van der Waals surface area contributed by atoms with E-state index >= 15 is 0 Å². The van der Waals surface area contributed by atoms with E-state index < -0.39 is 29.5 Å². The maximum Gasteiger partial charge on any atom is 0.490 e. The molecule has 2 rings (SSSR count). The summed E-state index contributed by atoms with van der Waals surface area (Å²) in [6, 6.07) is 1.81. The molecule has 2 aliphatic rings. The summed E-state index contributed by atoms with van der Waals surface area (Å²) >= 11 is 5.92. The zero-order valence-corrected chi connectivity index (χ0v) is 12.2. The summed E-state index contributed by atoms with van der Waals surface area (Å²) in [5, 5.41) is 8.09. The highest BCUT2D eigenvalue weighted by Crippen LogP contribution is 2.41. The van der Waals surface area contributed by atoms with Gasteiger partial charge in [-0.1, -0.05) is 0 Å². The van der Waals surface area contributed by atoms with E-state index in [-0.39, 0.29) is 12.0 Å². The fraction of sp³-hybridized carbons (Fsp3) is 0.615. The van der Waals surface area contributed by atoms with Crippen LogP contribution < -0.4 is 0 Å². The van der Waals surface area contributed by atoms with Crippen LogP contribution in [0.4, 0.5) is 4.39 Å². The van der Waals surface area contributed by atoms with Crippen molar-refractivity contribution in [1.29, 1.82) is 5.26 Å². The lowest BCUT2D eigenvalue weighted by Gasteiger charge is -2.32. The topological polar surface area (TPSA) is 42.2 Å². The molecule has 3 nitrogen and oxygen atoms in total. The second-order valence-corrected chi connectivity index (χ2v) is 6.38. The normalized spacial score (nSPS) is 29.2. The lowest BCUT2D eigenvalue weighted by molar-refractivity contribution is 0.00578. The van der Waals surface area contributed by atoms with Gasteiger partial charge in [-0.3, -0.25) is 0 Å². The van der Waals surface area contributed by atoms with E-state index in [0.29, 0.717) is 5.47 Å². The Morgan fingerprint density at radius 3 is 2.37 bits per heavy atom. The molecule has 0 saturated carbocycles. The van der Waals surface area contributed by atoms with Crippen molar-refractivity contribution < 1.29 is 13.7 Å². The highest BCUT2D eigenvalue weighted by Gasteiger charge is 2.52. The van der Waals surface area contributed by atoms with Crippen LogP contribution in [0.2, 0.25) is 0 Å². The molecule has 1 aliphatic carbocycles. The molecular formula is C13H16BClFNO2. The molecule has 19 heavy (non-hydrogen) atoms. The van der Waals surface area contributed by atoms with Crippen LogP contribution in [0.15, 0.2) is 22.9 Å². The van der Waals surface area contributed by atoms with Gasteiger partial charge in [-0.05, 0) is 45.7 Å². The monoisotopic (exact) mass is 283 g/mol. The van der Waals surface area contributed by atoms with Gasteiger partial charge in [0.2, 0.25) is 0 Å². The molecule has 6 heteroatoms. The Balaban J connectivity index is 2.29. The van der Waals surface area contributed by atoms with Crippen LogP contribution in [0.5, 0.6) is 0 Å². The molecule has 1 aliphatic heterocycles. The van der Waals surface area contributed by atoms with Crippen molar-refractivity contribution in [2.24, 2.45) is 0 Å². The van der Waals surface area contributed by atoms with E-state index in [2.05, 4.69) is 0 Å². The van der Waals surface area contributed by atoms with Crippen LogP contribution in [0, 0.1) is 11.3 Å². The van der Waals surface area contributed by atoms with Gasteiger partial charge in [0.15, 0.2) is 0 Å². The average molecular weight is 284 g/mol. The molecule has 0 spiro atoms. The number of hydrogen-bond donors (Lipinski definition) is 0. The van der Waals surface area contributed by atoms with Gasteiger partial charge in [-0.25, -0.2) is 4.39 Å². The third-order valence-corrected chi connectivity index (χ3v) is 4.30. The lowest BCUT2D eigenvalue weighted by Crippen LogP contribution is -2.41. The molecule has 0 aromatic heterocycles. The van der Waals surface area contributed by atoms with Gasteiger partial charge < -0.3 is 9.31 Å². The summed E-state index contributed by atoms with van der Waals surface area (Å²) in [4.78, 5) is 0. The van der Waals surface area contributed by atoms with Crippen LogP contribution in [-0.4, -0.2) is 23.7 Å². The number of rotatable bonds is 1. The SMILES string of the molecule is CC1(C)OB(C2=CC(C#N)=C(F)C(Cl)C2)OC1(C)C. The Hall–Kier alpha value is -0.825. The van der Waals surface area contributed by atoms with E-state index in [1.54, 1.807) is 0 Å². The molecule has 102 valence electrons. The van der Waals surface area contributed by atoms with E-state index in [1.807, 2.05) is 33.8 Å². The van der Waals surface area contributed by atoms with E-state index in [1.165, 1.54) is 6.08 Å². The van der Waals surface area contributed by atoms with Crippen molar-refractivity contribution in [3.63, 3.8) is 0 Å². The molecule has 1 fully saturated rings. The van der Waals surface area contributed by atoms with Gasteiger partial charge in [-0.15, -0.1) is 11.6 Å². The van der Waals surface area contributed by atoms with Gasteiger partial charge in [0, 0.05) is 0 Å². The van der Waals surface area contributed by atoms with Crippen LogP contribution in [-0.2, 0) is 9.31 Å². The number of alkyl halides is 1. The summed E-state index contributed by atoms with van der Waals surface area (Å²) in [6.07, 6.45) is 1.77. The quantitative estimate of drug-likeness (QED) is 0.548. The maximum absolute atomic E-state index is 13.6. The minimum atomic E-state index is -0.825. The molecule has 1 atom stereocenters. The molecule has 1 saturated heterocycles. The van der Waals surface area contributed by atoms with E-state index in [9.17, 15) is 4.39 Å². The van der Waals surface area contributed by atoms with Gasteiger partial charge in [0.05, 0.1) is 22.2 Å². The standard InChI is InChI=1S/C13H16BClFNO2/c1-12(2)13(3,4)19-14(18-12)9-5-8(7-17)11(16)10(15)6-9/h5,10H,6H2,1-4H3. The predicted octanol–water partition coefficient (Wildman–Crippen LogP) is 3.30. The number of halogens is 2. The van der Waals surface area contributed by atoms with Gasteiger partial charge in [0.25, 0.3) is 0 Å². The smallest absolute Gasteiger partial charge is 0.400 e. The first-order valence-corrected chi connectivity index (χ1v) is 6.61. The Morgan fingerprint density at radius 2 is 1.89 bits per heavy atom. The molecule has 0 amide bonds. The number of nitrogens with zero attached hydrogens (tertiary/aromatic N) is 1. The highest BCUT2D eigenvalue weighted by atomic mass is 35.5. The summed E-state index contributed by atoms with van der Waals surface area (Å²) in [7, 11) is -0.581. The minimum absolute atomic E-state index is 0.0454. The third kappa shape index (κ3) is 2.45. The van der Waals surface area contributed by atoms with Crippen molar-refractivity contribution in [2.45, 2.75) is 50.7 Å². The van der Waals surface area contributed by atoms with Crippen LogP contribution in [0.3, 0.4) is 0 Å². The summed E-state index contributed by atoms with van der Waals surface area (Å²) in [5.74, 6) is -0.579. The lowest BCUT2D eigenvalue weighted by atomic mass is 9.72. The molecule has 0 radical (unpaired) electrons. The Labute approximate surface area is 118 Å². The van der Waals surface area contributed by atoms with Crippen molar-refractivity contribution in [3.8, 4) is 6.07 Å². The zero-order chi connectivity index (χ0) is 14.4. The predicted molar refractivity (Wildman–Crippen MR) is 72.2 cm³/mol. The highest BCUT2D eigenvalue weighted by molar-refractivity contribution is 6.55.